The molecule has 36 heavy (non-hydrogen) atoms. The van der Waals surface area contributed by atoms with Gasteiger partial charge in [0.2, 0.25) is 0 Å². The van der Waals surface area contributed by atoms with Crippen LogP contribution in [0.25, 0.3) is 10.9 Å². The quantitative estimate of drug-likeness (QED) is 0.333. The van der Waals surface area contributed by atoms with Gasteiger partial charge in [-0.15, -0.1) is 13.2 Å². The van der Waals surface area contributed by atoms with E-state index in [9.17, 15) is 27.9 Å². The summed E-state index contributed by atoms with van der Waals surface area (Å²) in [7, 11) is 0. The van der Waals surface area contributed by atoms with Crippen LogP contribution in [-0.4, -0.2) is 31.9 Å². The fraction of sp³-hybridized carbons (Fsp3) is 0.130. The molecule has 0 saturated carbocycles. The first-order valence-corrected chi connectivity index (χ1v) is 10.9. The van der Waals surface area contributed by atoms with Gasteiger partial charge in [0, 0.05) is 5.56 Å². The van der Waals surface area contributed by atoms with E-state index in [4.69, 9.17) is 23.2 Å². The number of benzene rings is 2. The Morgan fingerprint density at radius 3 is 2.61 bits per heavy atom. The lowest BCUT2D eigenvalue weighted by atomic mass is 10.1. The molecule has 4 rings (SSSR count). The lowest BCUT2D eigenvalue weighted by molar-refractivity contribution is -0.274. The normalized spacial score (nSPS) is 11.5. The fourth-order valence-electron chi connectivity index (χ4n) is 3.44. The average Bonchev–Trinajstić information content (AvgIpc) is 2.80. The molecule has 0 aliphatic rings. The maximum absolute atomic E-state index is 13.4. The van der Waals surface area contributed by atoms with Crippen LogP contribution < -0.4 is 15.6 Å². The highest BCUT2D eigenvalue weighted by molar-refractivity contribution is 6.36. The maximum atomic E-state index is 13.4. The number of ether oxygens (including phenoxy) is 1. The van der Waals surface area contributed by atoms with Crippen LogP contribution in [0.4, 0.5) is 18.9 Å². The summed E-state index contributed by atoms with van der Waals surface area (Å²) in [5.74, 6) is -1.71. The highest BCUT2D eigenvalue weighted by Gasteiger charge is 2.32. The number of fused-ring (bicyclic) bond motifs is 1. The number of aromatic nitrogens is 3. The Kier molecular flexibility index (Phi) is 6.79. The second-order valence-electron chi connectivity index (χ2n) is 7.57. The molecule has 0 aliphatic carbocycles. The lowest BCUT2D eigenvalue weighted by Gasteiger charge is -2.15. The number of amides is 1. The van der Waals surface area contributed by atoms with Crippen molar-refractivity contribution in [1.82, 2.24) is 14.5 Å². The van der Waals surface area contributed by atoms with Crippen molar-refractivity contribution < 1.29 is 27.8 Å². The number of hydrogen-bond acceptors (Lipinski definition) is 6. The number of nitrogens with zero attached hydrogens (tertiary/aromatic N) is 3. The third kappa shape index (κ3) is 5.21. The van der Waals surface area contributed by atoms with Crippen LogP contribution in [0.15, 0.2) is 53.6 Å². The Hall–Kier alpha value is -3.83. The number of rotatable bonds is 5. The number of pyridine rings is 1. The van der Waals surface area contributed by atoms with Gasteiger partial charge in [0.25, 0.3) is 11.5 Å². The van der Waals surface area contributed by atoms with Crippen molar-refractivity contribution in [3.05, 3.63) is 86.1 Å². The number of anilines is 1. The molecule has 186 valence electrons. The van der Waals surface area contributed by atoms with Gasteiger partial charge in [-0.2, -0.15) is 0 Å². The molecule has 0 unspecified atom stereocenters. The van der Waals surface area contributed by atoms with Crippen LogP contribution in [0.1, 0.15) is 21.6 Å². The number of alkyl halides is 3. The molecular weight excluding hydrogens is 524 g/mol. The third-order valence-electron chi connectivity index (χ3n) is 5.12. The highest BCUT2D eigenvalue weighted by atomic mass is 35.5. The average molecular weight is 539 g/mol. The zero-order valence-corrected chi connectivity index (χ0v) is 19.7. The maximum Gasteiger partial charge on any atom is 0.573 e. The second kappa shape index (κ2) is 9.67. The number of nitrogens with one attached hydrogen (secondary N) is 1. The van der Waals surface area contributed by atoms with Gasteiger partial charge in [-0.05, 0) is 30.7 Å². The highest BCUT2D eigenvalue weighted by Crippen LogP contribution is 2.31. The Balaban J connectivity index is 1.76. The first-order valence-electron chi connectivity index (χ1n) is 10.1. The summed E-state index contributed by atoms with van der Waals surface area (Å²) in [5.41, 5.74) is 0.119. The molecule has 0 spiro atoms. The van der Waals surface area contributed by atoms with Gasteiger partial charge in [0.05, 0.1) is 34.5 Å². The molecule has 4 aromatic rings. The molecule has 2 N–H and O–H groups in total. The summed E-state index contributed by atoms with van der Waals surface area (Å²) in [6.07, 6.45) is -3.72. The van der Waals surface area contributed by atoms with Crippen LogP contribution >= 0.6 is 23.2 Å². The zero-order chi connectivity index (χ0) is 26.2. The number of halogens is 5. The Bertz CT molecular complexity index is 1530. The number of aromatic hydroxyl groups is 1. The summed E-state index contributed by atoms with van der Waals surface area (Å²) >= 11 is 11.7. The van der Waals surface area contributed by atoms with Crippen molar-refractivity contribution in [2.75, 3.05) is 5.32 Å². The lowest BCUT2D eigenvalue weighted by Crippen LogP contribution is -2.24. The first kappa shape index (κ1) is 25.3. The van der Waals surface area contributed by atoms with Gasteiger partial charge in [0.15, 0.2) is 10.9 Å². The molecule has 0 bridgehead atoms. The summed E-state index contributed by atoms with van der Waals surface area (Å²) in [6, 6.07) is 9.71. The van der Waals surface area contributed by atoms with E-state index in [2.05, 4.69) is 20.0 Å². The van der Waals surface area contributed by atoms with E-state index >= 15 is 0 Å². The number of aryl methyl sites for hydroxylation is 1. The van der Waals surface area contributed by atoms with Gasteiger partial charge in [0.1, 0.15) is 11.4 Å². The molecule has 13 heteroatoms. The minimum absolute atomic E-state index is 0.0241. The Morgan fingerprint density at radius 2 is 1.92 bits per heavy atom. The van der Waals surface area contributed by atoms with Crippen LogP contribution in [0.5, 0.6) is 11.5 Å². The van der Waals surface area contributed by atoms with Gasteiger partial charge in [-0.3, -0.25) is 14.2 Å². The Morgan fingerprint density at radius 1 is 1.19 bits per heavy atom. The van der Waals surface area contributed by atoms with Gasteiger partial charge < -0.3 is 15.2 Å². The number of para-hydroxylation sites is 1. The summed E-state index contributed by atoms with van der Waals surface area (Å²) in [6.45, 7) is 1.36. The predicted molar refractivity (Wildman–Crippen MR) is 127 cm³/mol. The van der Waals surface area contributed by atoms with E-state index in [1.165, 1.54) is 24.5 Å². The molecule has 2 aromatic carbocycles. The molecule has 0 saturated heterocycles. The van der Waals surface area contributed by atoms with E-state index in [1.807, 2.05) is 0 Å². The topological polar surface area (TPSA) is 106 Å². The van der Waals surface area contributed by atoms with Crippen LogP contribution in [0.2, 0.25) is 10.2 Å². The van der Waals surface area contributed by atoms with Crippen molar-refractivity contribution in [1.29, 1.82) is 0 Å². The fourth-order valence-corrected chi connectivity index (χ4v) is 3.87. The van der Waals surface area contributed by atoms with Crippen LogP contribution in [0, 0.1) is 6.92 Å². The number of carbonyl (C=O) groups excluding carboxylic acids is 1. The van der Waals surface area contributed by atoms with E-state index in [0.717, 1.165) is 16.7 Å². The molecule has 0 fully saturated rings. The van der Waals surface area contributed by atoms with Crippen molar-refractivity contribution in [3.63, 3.8) is 0 Å². The summed E-state index contributed by atoms with van der Waals surface area (Å²) in [5, 5.41) is 11.7. The zero-order valence-electron chi connectivity index (χ0n) is 18.2. The van der Waals surface area contributed by atoms with Crippen molar-refractivity contribution in [2.45, 2.75) is 19.8 Å². The van der Waals surface area contributed by atoms with E-state index in [0.29, 0.717) is 5.56 Å². The van der Waals surface area contributed by atoms with E-state index in [-0.39, 0.29) is 44.6 Å². The van der Waals surface area contributed by atoms with Crippen LogP contribution in [0.3, 0.4) is 0 Å². The minimum atomic E-state index is -4.91. The number of carbonyl (C=O) groups is 1. The van der Waals surface area contributed by atoms with Gasteiger partial charge in [-0.1, -0.05) is 47.5 Å². The largest absolute Gasteiger partial charge is 0.573 e. The minimum Gasteiger partial charge on any atom is -0.504 e. The smallest absolute Gasteiger partial charge is 0.504 e. The predicted octanol–water partition coefficient (Wildman–Crippen LogP) is 5.31. The monoisotopic (exact) mass is 538 g/mol. The van der Waals surface area contributed by atoms with Gasteiger partial charge >= 0.3 is 6.36 Å². The molecule has 0 atom stereocenters. The van der Waals surface area contributed by atoms with Crippen molar-refractivity contribution >= 4 is 45.7 Å². The van der Waals surface area contributed by atoms with Crippen LogP contribution in [-0.2, 0) is 6.54 Å². The van der Waals surface area contributed by atoms with Crippen molar-refractivity contribution in [2.24, 2.45) is 0 Å². The molecule has 0 radical (unpaired) electrons. The van der Waals surface area contributed by atoms with Crippen molar-refractivity contribution in [3.8, 4) is 11.5 Å². The molecule has 0 aliphatic heterocycles. The summed E-state index contributed by atoms with van der Waals surface area (Å²) in [4.78, 5) is 34.3. The van der Waals surface area contributed by atoms with Gasteiger partial charge in [-0.25, -0.2) is 9.97 Å². The molecule has 8 nitrogen and oxygen atoms in total. The molecule has 2 aromatic heterocycles. The summed E-state index contributed by atoms with van der Waals surface area (Å²) < 4.78 is 43.6. The Labute approximate surface area is 210 Å². The third-order valence-corrected chi connectivity index (χ3v) is 5.67. The SMILES string of the molecule is Cc1ccc2ncn(Cc3ccccc3OC(F)(F)F)c(=O)c2c1NC(=O)c1cc(Cl)c(O)c(Cl)n1. The first-order chi connectivity index (χ1) is 16.9. The number of hydrogen-bond donors (Lipinski definition) is 2. The van der Waals surface area contributed by atoms with E-state index in [1.54, 1.807) is 19.1 Å². The second-order valence-corrected chi connectivity index (χ2v) is 8.33. The standard InChI is InChI=1S/C23H15Cl2F3N4O4/c1-11-6-7-14-17(18(11)31-21(34)15-8-13(24)19(33)20(25)30-15)22(35)32(10-29-14)9-12-4-2-3-5-16(12)36-23(26,27)28/h2-8,10,33H,9H2,1H3,(H,31,34). The molecular formula is C23H15Cl2F3N4O4. The van der Waals surface area contributed by atoms with E-state index < -0.39 is 29.3 Å². The molecule has 1 amide bonds. The molecule has 2 heterocycles.